The molecule has 0 aromatic heterocycles. The molecule has 0 unspecified atom stereocenters. The first-order valence-electron chi connectivity index (χ1n) is 8.07. The average Bonchev–Trinajstić information content (AvgIpc) is 2.68. The van der Waals surface area contributed by atoms with Crippen molar-refractivity contribution in [2.75, 3.05) is 31.2 Å². The summed E-state index contributed by atoms with van der Waals surface area (Å²) in [5.74, 6) is -0.895. The summed E-state index contributed by atoms with van der Waals surface area (Å²) in [7, 11) is -4.17. The number of primary amides is 1. The molecule has 2 N–H and O–H groups in total. The predicted octanol–water partition coefficient (Wildman–Crippen LogP) is 1.36. The fraction of sp³-hybridized carbons (Fsp3) is 0.235. The van der Waals surface area contributed by atoms with Gasteiger partial charge >= 0.3 is 0 Å². The van der Waals surface area contributed by atoms with Crippen molar-refractivity contribution >= 4 is 27.1 Å². The minimum Gasteiger partial charge on any atom is -0.378 e. The number of amides is 1. The van der Waals surface area contributed by atoms with Crippen molar-refractivity contribution in [3.8, 4) is 0 Å². The summed E-state index contributed by atoms with van der Waals surface area (Å²) >= 11 is 0. The van der Waals surface area contributed by atoms with Crippen LogP contribution in [-0.4, -0.2) is 45.6 Å². The van der Waals surface area contributed by atoms with E-state index in [4.69, 9.17) is 10.5 Å². The fourth-order valence-electron chi connectivity index (χ4n) is 2.92. The van der Waals surface area contributed by atoms with Crippen LogP contribution >= 0.6 is 0 Å². The van der Waals surface area contributed by atoms with Gasteiger partial charge in [0.05, 0.1) is 33.5 Å². The molecule has 2 aromatic carbocycles. The number of carbonyl (C=O) groups excluding carboxylic acids is 1. The van der Waals surface area contributed by atoms with Crippen molar-refractivity contribution in [3.63, 3.8) is 0 Å². The molecule has 3 rings (SSSR count). The second-order valence-corrected chi connectivity index (χ2v) is 7.79. The average molecular weight is 391 g/mol. The van der Waals surface area contributed by atoms with Gasteiger partial charge in [-0.25, -0.2) is 8.42 Å². The SMILES string of the molecule is NC(=O)c1ccccc1S(=O)(=O)c1ccc(N2CCOCC2)c([N+](=O)[O-])c1. The largest absolute Gasteiger partial charge is 0.378 e. The molecule has 10 heteroatoms. The lowest BCUT2D eigenvalue weighted by Gasteiger charge is -2.28. The lowest BCUT2D eigenvalue weighted by molar-refractivity contribution is -0.384. The highest BCUT2D eigenvalue weighted by Gasteiger charge is 2.28. The van der Waals surface area contributed by atoms with Crippen LogP contribution in [0.2, 0.25) is 0 Å². The Morgan fingerprint density at radius 1 is 1.15 bits per heavy atom. The second kappa shape index (κ2) is 7.33. The molecule has 0 radical (unpaired) electrons. The molecule has 27 heavy (non-hydrogen) atoms. The lowest BCUT2D eigenvalue weighted by Crippen LogP contribution is -2.36. The number of ether oxygens (including phenoxy) is 1. The Hall–Kier alpha value is -2.98. The van der Waals surface area contributed by atoms with E-state index in [9.17, 15) is 23.3 Å². The van der Waals surface area contributed by atoms with E-state index in [1.165, 1.54) is 36.4 Å². The number of hydrogen-bond donors (Lipinski definition) is 1. The number of hydrogen-bond acceptors (Lipinski definition) is 7. The quantitative estimate of drug-likeness (QED) is 0.601. The van der Waals surface area contributed by atoms with Crippen LogP contribution < -0.4 is 10.6 Å². The van der Waals surface area contributed by atoms with E-state index in [1.54, 1.807) is 4.90 Å². The van der Waals surface area contributed by atoms with E-state index in [2.05, 4.69) is 0 Å². The van der Waals surface area contributed by atoms with E-state index in [1.807, 2.05) is 0 Å². The van der Waals surface area contributed by atoms with Gasteiger partial charge in [0.15, 0.2) is 0 Å². The smallest absolute Gasteiger partial charge is 0.293 e. The molecule has 1 amide bonds. The number of nitro groups is 1. The molecular weight excluding hydrogens is 374 g/mol. The van der Waals surface area contributed by atoms with Gasteiger partial charge in [0.1, 0.15) is 5.69 Å². The topological polar surface area (TPSA) is 133 Å². The molecule has 142 valence electrons. The number of rotatable bonds is 5. The van der Waals surface area contributed by atoms with Gasteiger partial charge < -0.3 is 15.4 Å². The van der Waals surface area contributed by atoms with Crippen LogP contribution in [0.4, 0.5) is 11.4 Å². The summed E-state index contributed by atoms with van der Waals surface area (Å²) in [5.41, 5.74) is 5.09. The van der Waals surface area contributed by atoms with Gasteiger partial charge in [-0.2, -0.15) is 0 Å². The number of sulfone groups is 1. The fourth-order valence-corrected chi connectivity index (χ4v) is 4.40. The Labute approximate surface area is 155 Å². The molecule has 1 aliphatic rings. The molecule has 0 bridgehead atoms. The Morgan fingerprint density at radius 3 is 2.44 bits per heavy atom. The number of morpholine rings is 1. The van der Waals surface area contributed by atoms with E-state index in [0.29, 0.717) is 32.0 Å². The molecule has 2 aromatic rings. The molecule has 0 saturated carbocycles. The minimum absolute atomic E-state index is 0.169. The maximum absolute atomic E-state index is 13.0. The van der Waals surface area contributed by atoms with E-state index >= 15 is 0 Å². The molecule has 0 aliphatic carbocycles. The van der Waals surface area contributed by atoms with E-state index in [0.717, 1.165) is 6.07 Å². The number of nitro benzene ring substituents is 1. The molecule has 0 atom stereocenters. The highest BCUT2D eigenvalue weighted by atomic mass is 32.2. The van der Waals surface area contributed by atoms with Crippen molar-refractivity contribution < 1.29 is 22.9 Å². The Bertz CT molecular complexity index is 999. The highest BCUT2D eigenvalue weighted by Crippen LogP contribution is 2.34. The zero-order valence-electron chi connectivity index (χ0n) is 14.2. The summed E-state index contributed by atoms with van der Waals surface area (Å²) < 4.78 is 31.2. The van der Waals surface area contributed by atoms with Gasteiger partial charge in [-0.05, 0) is 24.3 Å². The Balaban J connectivity index is 2.11. The van der Waals surface area contributed by atoms with Gasteiger partial charge in [0, 0.05) is 19.2 Å². The number of nitrogens with two attached hydrogens (primary N) is 1. The van der Waals surface area contributed by atoms with Gasteiger partial charge in [0.25, 0.3) is 5.69 Å². The van der Waals surface area contributed by atoms with Crippen LogP contribution in [-0.2, 0) is 14.6 Å². The first-order chi connectivity index (χ1) is 12.8. The number of anilines is 1. The van der Waals surface area contributed by atoms with E-state index in [-0.39, 0.29) is 21.0 Å². The van der Waals surface area contributed by atoms with Crippen LogP contribution in [0.25, 0.3) is 0 Å². The van der Waals surface area contributed by atoms with Crippen LogP contribution in [0.15, 0.2) is 52.3 Å². The number of nitrogens with zero attached hydrogens (tertiary/aromatic N) is 2. The summed E-state index contributed by atoms with van der Waals surface area (Å²) in [6.45, 7) is 1.81. The van der Waals surface area contributed by atoms with E-state index < -0.39 is 20.7 Å². The van der Waals surface area contributed by atoms with Gasteiger partial charge in [-0.1, -0.05) is 12.1 Å². The maximum atomic E-state index is 13.0. The van der Waals surface area contributed by atoms with Gasteiger partial charge in [0.2, 0.25) is 15.7 Å². The summed E-state index contributed by atoms with van der Waals surface area (Å²) in [6, 6.07) is 9.20. The predicted molar refractivity (Wildman–Crippen MR) is 96.5 cm³/mol. The standard InChI is InChI=1S/C17H17N3O6S/c18-17(21)13-3-1-2-4-16(13)27(24,25)12-5-6-14(15(11-12)20(22)23)19-7-9-26-10-8-19/h1-6,11H,7-10H2,(H2,18,21). The van der Waals surface area contributed by atoms with Crippen LogP contribution in [0, 0.1) is 10.1 Å². The molecular formula is C17H17N3O6S. The third-order valence-corrected chi connectivity index (χ3v) is 6.06. The summed E-state index contributed by atoms with van der Waals surface area (Å²) in [4.78, 5) is 23.7. The molecule has 1 heterocycles. The molecule has 1 aliphatic heterocycles. The summed E-state index contributed by atoms with van der Waals surface area (Å²) in [5, 5.41) is 11.5. The monoisotopic (exact) mass is 391 g/mol. The Kier molecular flexibility index (Phi) is 5.10. The van der Waals surface area contributed by atoms with Crippen molar-refractivity contribution in [1.82, 2.24) is 0 Å². The molecule has 0 spiro atoms. The molecule has 1 fully saturated rings. The second-order valence-electron chi connectivity index (χ2n) is 5.87. The first kappa shape index (κ1) is 18.8. The summed E-state index contributed by atoms with van der Waals surface area (Å²) in [6.07, 6.45) is 0. The van der Waals surface area contributed by atoms with Crippen LogP contribution in [0.3, 0.4) is 0 Å². The third kappa shape index (κ3) is 3.62. The third-order valence-electron chi connectivity index (χ3n) is 4.25. The van der Waals surface area contributed by atoms with Crippen molar-refractivity contribution in [2.24, 2.45) is 5.73 Å². The zero-order chi connectivity index (χ0) is 19.6. The van der Waals surface area contributed by atoms with Crippen LogP contribution in [0.5, 0.6) is 0 Å². The molecule has 1 saturated heterocycles. The molecule has 9 nitrogen and oxygen atoms in total. The van der Waals surface area contributed by atoms with Crippen molar-refractivity contribution in [3.05, 3.63) is 58.1 Å². The first-order valence-corrected chi connectivity index (χ1v) is 9.56. The normalized spacial score (nSPS) is 14.7. The van der Waals surface area contributed by atoms with Gasteiger partial charge in [-0.15, -0.1) is 0 Å². The number of benzene rings is 2. The van der Waals surface area contributed by atoms with Crippen LogP contribution in [0.1, 0.15) is 10.4 Å². The minimum atomic E-state index is -4.17. The maximum Gasteiger partial charge on any atom is 0.293 e. The Morgan fingerprint density at radius 2 is 1.81 bits per heavy atom. The highest BCUT2D eigenvalue weighted by molar-refractivity contribution is 7.91. The van der Waals surface area contributed by atoms with Crippen molar-refractivity contribution in [1.29, 1.82) is 0 Å². The van der Waals surface area contributed by atoms with Gasteiger partial charge in [-0.3, -0.25) is 14.9 Å². The zero-order valence-corrected chi connectivity index (χ0v) is 15.0. The lowest BCUT2D eigenvalue weighted by atomic mass is 10.2. The van der Waals surface area contributed by atoms with Crippen molar-refractivity contribution in [2.45, 2.75) is 9.79 Å². The number of carbonyl (C=O) groups is 1.